The second kappa shape index (κ2) is 5.04. The summed E-state index contributed by atoms with van der Waals surface area (Å²) >= 11 is 0.894. The molecule has 1 saturated heterocycles. The Hall–Kier alpha value is -1.45. The second-order valence-electron chi connectivity index (χ2n) is 5.94. The molecule has 0 unspecified atom stereocenters. The Balaban J connectivity index is 1.83. The van der Waals surface area contributed by atoms with Crippen molar-refractivity contribution in [3.8, 4) is 0 Å². The van der Waals surface area contributed by atoms with E-state index in [1.807, 2.05) is 0 Å². The number of hydrogen-bond acceptors (Lipinski definition) is 5. The smallest absolute Gasteiger partial charge is 0.311 e. The van der Waals surface area contributed by atoms with Gasteiger partial charge in [0.2, 0.25) is 10.0 Å². The third kappa shape index (κ3) is 2.33. The van der Waals surface area contributed by atoms with E-state index in [9.17, 15) is 23.1 Å². The van der Waals surface area contributed by atoms with Crippen LogP contribution in [0, 0.1) is 11.3 Å². The average molecular weight is 344 g/mol. The summed E-state index contributed by atoms with van der Waals surface area (Å²) in [4.78, 5) is 25.6. The van der Waals surface area contributed by atoms with Crippen molar-refractivity contribution in [1.29, 1.82) is 0 Å². The number of nitrogens with zero attached hydrogens (tertiary/aromatic N) is 1. The number of hydrogen-bond donors (Lipinski definition) is 2. The quantitative estimate of drug-likeness (QED) is 0.838. The van der Waals surface area contributed by atoms with Gasteiger partial charge in [-0.3, -0.25) is 9.59 Å². The van der Waals surface area contributed by atoms with Crippen molar-refractivity contribution in [2.45, 2.75) is 23.5 Å². The molecule has 0 bridgehead atoms. The Morgan fingerprint density at radius 1 is 1.45 bits per heavy atom. The van der Waals surface area contributed by atoms with Crippen LogP contribution in [0.25, 0.3) is 0 Å². The van der Waals surface area contributed by atoms with Crippen molar-refractivity contribution in [2.75, 3.05) is 13.1 Å². The zero-order chi connectivity index (χ0) is 16.1. The molecule has 0 spiro atoms. The largest absolute Gasteiger partial charge is 0.481 e. The van der Waals surface area contributed by atoms with E-state index in [4.69, 9.17) is 5.14 Å². The molecule has 9 heteroatoms. The van der Waals surface area contributed by atoms with Crippen LogP contribution in [0.1, 0.15) is 29.6 Å². The Morgan fingerprint density at radius 2 is 2.18 bits per heavy atom. The SMILES string of the molecule is NS(=O)(=O)c1cc(C(=O)N2C[C@@H]3CCC[C@@]3(C(=O)O)C2)cs1. The first-order valence-electron chi connectivity index (χ1n) is 6.88. The normalized spacial score (nSPS) is 27.9. The predicted molar refractivity (Wildman–Crippen MR) is 79.0 cm³/mol. The number of carbonyl (C=O) groups excluding carboxylic acids is 1. The van der Waals surface area contributed by atoms with Crippen LogP contribution in [-0.2, 0) is 14.8 Å². The monoisotopic (exact) mass is 344 g/mol. The van der Waals surface area contributed by atoms with E-state index in [-0.39, 0.29) is 28.1 Å². The minimum Gasteiger partial charge on any atom is -0.481 e. The van der Waals surface area contributed by atoms with Crippen LogP contribution in [0.15, 0.2) is 15.7 Å². The number of carboxylic acid groups (broad SMARTS) is 1. The van der Waals surface area contributed by atoms with Gasteiger partial charge in [0.1, 0.15) is 4.21 Å². The lowest BCUT2D eigenvalue weighted by atomic mass is 9.81. The molecule has 0 aromatic carbocycles. The van der Waals surface area contributed by atoms with Gasteiger partial charge in [-0.05, 0) is 24.8 Å². The van der Waals surface area contributed by atoms with Crippen LogP contribution in [-0.4, -0.2) is 43.4 Å². The lowest BCUT2D eigenvalue weighted by Crippen LogP contribution is -2.37. The van der Waals surface area contributed by atoms with Gasteiger partial charge in [0.15, 0.2) is 0 Å². The molecule has 2 heterocycles. The number of thiophene rings is 1. The van der Waals surface area contributed by atoms with Crippen molar-refractivity contribution in [1.82, 2.24) is 4.90 Å². The van der Waals surface area contributed by atoms with Gasteiger partial charge in [-0.2, -0.15) is 0 Å². The summed E-state index contributed by atoms with van der Waals surface area (Å²) in [5.41, 5.74) is -0.594. The summed E-state index contributed by atoms with van der Waals surface area (Å²) in [6.45, 7) is 0.595. The lowest BCUT2D eigenvalue weighted by Gasteiger charge is -2.23. The van der Waals surface area contributed by atoms with Crippen LogP contribution in [0.2, 0.25) is 0 Å². The number of likely N-dealkylation sites (tertiary alicyclic amines) is 1. The topological polar surface area (TPSA) is 118 Å². The van der Waals surface area contributed by atoms with Crippen molar-refractivity contribution < 1.29 is 23.1 Å². The molecule has 1 aliphatic carbocycles. The average Bonchev–Trinajstić information content (AvgIpc) is 3.10. The van der Waals surface area contributed by atoms with Crippen LogP contribution >= 0.6 is 11.3 Å². The number of rotatable bonds is 3. The van der Waals surface area contributed by atoms with E-state index in [1.54, 1.807) is 0 Å². The molecule has 1 aromatic heterocycles. The maximum Gasteiger partial charge on any atom is 0.311 e. The summed E-state index contributed by atoms with van der Waals surface area (Å²) in [5.74, 6) is -1.20. The first-order valence-corrected chi connectivity index (χ1v) is 9.31. The number of carboxylic acids is 1. The molecule has 1 aliphatic heterocycles. The number of primary sulfonamides is 1. The molecule has 1 amide bonds. The Morgan fingerprint density at radius 3 is 2.73 bits per heavy atom. The number of carbonyl (C=O) groups is 2. The first-order chi connectivity index (χ1) is 10.2. The van der Waals surface area contributed by atoms with Crippen molar-refractivity contribution in [3.63, 3.8) is 0 Å². The van der Waals surface area contributed by atoms with E-state index in [2.05, 4.69) is 0 Å². The fourth-order valence-corrected chi connectivity index (χ4v) is 5.13. The fraction of sp³-hybridized carbons (Fsp3) is 0.538. The molecule has 3 N–H and O–H groups in total. The summed E-state index contributed by atoms with van der Waals surface area (Å²) < 4.78 is 22.5. The molecule has 120 valence electrons. The second-order valence-corrected chi connectivity index (χ2v) is 8.64. The first kappa shape index (κ1) is 15.4. The Kier molecular flexibility index (Phi) is 3.54. The van der Waals surface area contributed by atoms with Crippen molar-refractivity contribution >= 4 is 33.2 Å². The molecule has 2 aliphatic rings. The van der Waals surface area contributed by atoms with Crippen LogP contribution in [0.4, 0.5) is 0 Å². The third-order valence-corrected chi connectivity index (χ3v) is 7.07. The number of amides is 1. The summed E-state index contributed by atoms with van der Waals surface area (Å²) in [6.07, 6.45) is 2.26. The molecule has 7 nitrogen and oxygen atoms in total. The zero-order valence-electron chi connectivity index (χ0n) is 11.7. The van der Waals surface area contributed by atoms with E-state index in [0.717, 1.165) is 24.2 Å². The highest BCUT2D eigenvalue weighted by Gasteiger charge is 2.55. The Labute approximate surface area is 131 Å². The van der Waals surface area contributed by atoms with Gasteiger partial charge in [0, 0.05) is 18.5 Å². The Bertz CT molecular complexity index is 741. The molecular weight excluding hydrogens is 328 g/mol. The maximum absolute atomic E-state index is 12.5. The van der Waals surface area contributed by atoms with Gasteiger partial charge in [0.05, 0.1) is 11.0 Å². The van der Waals surface area contributed by atoms with Gasteiger partial charge >= 0.3 is 5.97 Å². The highest BCUT2D eigenvalue weighted by Crippen LogP contribution is 2.49. The van der Waals surface area contributed by atoms with E-state index in [1.165, 1.54) is 16.3 Å². The van der Waals surface area contributed by atoms with Crippen molar-refractivity contribution in [2.24, 2.45) is 16.5 Å². The maximum atomic E-state index is 12.5. The summed E-state index contributed by atoms with van der Waals surface area (Å²) in [6, 6.07) is 1.25. The molecule has 2 atom stereocenters. The van der Waals surface area contributed by atoms with Gasteiger partial charge in [-0.1, -0.05) is 6.42 Å². The minimum atomic E-state index is -3.83. The van der Waals surface area contributed by atoms with Crippen molar-refractivity contribution in [3.05, 3.63) is 17.0 Å². The number of fused-ring (bicyclic) bond motifs is 1. The molecule has 22 heavy (non-hydrogen) atoms. The molecular formula is C13H16N2O5S2. The van der Waals surface area contributed by atoms with Gasteiger partial charge in [-0.25, -0.2) is 13.6 Å². The standard InChI is InChI=1S/C13H16N2O5S2/c14-22(19,20)10-4-8(6-21-10)11(16)15-5-9-2-1-3-13(9,7-15)12(17)18/h4,6,9H,1-3,5,7H2,(H,17,18)(H2,14,19,20)/t9-,13+/m0/s1. The minimum absolute atomic E-state index is 0.0229. The lowest BCUT2D eigenvalue weighted by molar-refractivity contribution is -0.149. The van der Waals surface area contributed by atoms with E-state index < -0.39 is 21.4 Å². The highest BCUT2D eigenvalue weighted by atomic mass is 32.2. The number of sulfonamides is 1. The van der Waals surface area contributed by atoms with Crippen LogP contribution in [0.3, 0.4) is 0 Å². The molecule has 2 fully saturated rings. The van der Waals surface area contributed by atoms with E-state index >= 15 is 0 Å². The van der Waals surface area contributed by atoms with Gasteiger partial charge in [-0.15, -0.1) is 11.3 Å². The highest BCUT2D eigenvalue weighted by molar-refractivity contribution is 7.91. The van der Waals surface area contributed by atoms with Gasteiger partial charge in [0.25, 0.3) is 5.91 Å². The zero-order valence-corrected chi connectivity index (χ0v) is 13.3. The molecule has 0 radical (unpaired) electrons. The number of nitrogens with two attached hydrogens (primary N) is 1. The fourth-order valence-electron chi connectivity index (χ4n) is 3.55. The third-order valence-electron chi connectivity index (χ3n) is 4.69. The van der Waals surface area contributed by atoms with Crippen LogP contribution < -0.4 is 5.14 Å². The summed E-state index contributed by atoms with van der Waals surface area (Å²) in [7, 11) is -3.83. The molecule has 1 aromatic rings. The molecule has 3 rings (SSSR count). The van der Waals surface area contributed by atoms with Gasteiger partial charge < -0.3 is 10.0 Å². The molecule has 1 saturated carbocycles. The van der Waals surface area contributed by atoms with E-state index in [0.29, 0.717) is 13.0 Å². The summed E-state index contributed by atoms with van der Waals surface area (Å²) in [5, 5.41) is 16.0. The predicted octanol–water partition coefficient (Wildman–Crippen LogP) is 0.722. The van der Waals surface area contributed by atoms with Crippen LogP contribution in [0.5, 0.6) is 0 Å². The number of aliphatic carboxylic acids is 1.